The van der Waals surface area contributed by atoms with Gasteiger partial charge in [-0.1, -0.05) is 19.7 Å². The normalized spacial score (nSPS) is 10.5. The highest BCUT2D eigenvalue weighted by Gasteiger charge is 2.17. The molecule has 2 heteroatoms. The molecule has 74 valence electrons. The van der Waals surface area contributed by atoms with Crippen LogP contribution in [0.15, 0.2) is 38.2 Å². The van der Waals surface area contributed by atoms with E-state index < -0.39 is 0 Å². The lowest BCUT2D eigenvalue weighted by atomic mass is 10.3. The Morgan fingerprint density at radius 1 is 1.15 bits per heavy atom. The van der Waals surface area contributed by atoms with E-state index in [-0.39, 0.29) is 0 Å². The maximum atomic E-state index is 5.10. The van der Waals surface area contributed by atoms with Crippen molar-refractivity contribution in [3.05, 3.63) is 38.2 Å². The van der Waals surface area contributed by atoms with Gasteiger partial charge in [0, 0.05) is 0 Å². The average Bonchev–Trinajstić information content (AvgIpc) is 2.05. The van der Waals surface area contributed by atoms with Crippen LogP contribution in [-0.4, -0.2) is 37.8 Å². The summed E-state index contributed by atoms with van der Waals surface area (Å²) in [4.78, 5) is 0. The van der Waals surface area contributed by atoms with Crippen LogP contribution in [0.25, 0.3) is 0 Å². The first kappa shape index (κ1) is 12.0. The van der Waals surface area contributed by atoms with Crippen molar-refractivity contribution in [1.29, 1.82) is 0 Å². The molecule has 0 N–H and O–H groups in total. The number of rotatable bonds is 8. The number of ether oxygens (including phenoxy) is 1. The van der Waals surface area contributed by atoms with Crippen molar-refractivity contribution in [2.45, 2.75) is 0 Å². The third-order valence-electron chi connectivity index (χ3n) is 2.01. The molecule has 0 saturated carbocycles. The summed E-state index contributed by atoms with van der Waals surface area (Å²) in [5, 5.41) is 0. The maximum absolute atomic E-state index is 5.10. The third-order valence-corrected chi connectivity index (χ3v) is 2.01. The number of hydrogen-bond acceptors (Lipinski definition) is 1. The van der Waals surface area contributed by atoms with Crippen LogP contribution < -0.4 is 0 Å². The van der Waals surface area contributed by atoms with E-state index in [4.69, 9.17) is 4.74 Å². The van der Waals surface area contributed by atoms with E-state index in [1.165, 1.54) is 6.26 Å². The molecule has 0 fully saturated rings. The first-order valence-electron chi connectivity index (χ1n) is 4.46. The van der Waals surface area contributed by atoms with E-state index in [1.807, 2.05) is 12.2 Å². The molecule has 0 atom stereocenters. The van der Waals surface area contributed by atoms with Crippen molar-refractivity contribution in [2.75, 3.05) is 33.3 Å². The Balaban J connectivity index is 3.96. The SMILES string of the molecule is C=CC[N+](C)(CC=C)CCOC=C. The minimum atomic E-state index is 0.696. The lowest BCUT2D eigenvalue weighted by molar-refractivity contribution is -0.898. The molecule has 0 amide bonds. The lowest BCUT2D eigenvalue weighted by Crippen LogP contribution is -2.46. The van der Waals surface area contributed by atoms with Gasteiger partial charge in [0.15, 0.2) is 0 Å². The predicted molar refractivity (Wildman–Crippen MR) is 57.3 cm³/mol. The lowest BCUT2D eigenvalue weighted by Gasteiger charge is -2.31. The van der Waals surface area contributed by atoms with Gasteiger partial charge in [0.1, 0.15) is 13.2 Å². The molecule has 0 saturated heterocycles. The Kier molecular flexibility index (Phi) is 5.98. The molecule has 0 aliphatic rings. The first-order valence-corrected chi connectivity index (χ1v) is 4.46. The second-order valence-electron chi connectivity index (χ2n) is 3.32. The van der Waals surface area contributed by atoms with Gasteiger partial charge in [-0.15, -0.1) is 0 Å². The summed E-state index contributed by atoms with van der Waals surface area (Å²) in [5.41, 5.74) is 0. The zero-order valence-corrected chi connectivity index (χ0v) is 8.54. The van der Waals surface area contributed by atoms with Crippen LogP contribution in [0.3, 0.4) is 0 Å². The molecule has 0 aliphatic heterocycles. The van der Waals surface area contributed by atoms with Crippen LogP contribution in [0.5, 0.6) is 0 Å². The maximum Gasteiger partial charge on any atom is 0.136 e. The second kappa shape index (κ2) is 6.49. The van der Waals surface area contributed by atoms with Gasteiger partial charge < -0.3 is 9.22 Å². The van der Waals surface area contributed by atoms with E-state index in [2.05, 4.69) is 26.8 Å². The van der Waals surface area contributed by atoms with E-state index in [0.717, 1.165) is 24.1 Å². The predicted octanol–water partition coefficient (Wildman–Crippen LogP) is 1.97. The average molecular weight is 182 g/mol. The second-order valence-corrected chi connectivity index (χ2v) is 3.32. The first-order chi connectivity index (χ1) is 6.18. The minimum Gasteiger partial charge on any atom is -0.496 e. The summed E-state index contributed by atoms with van der Waals surface area (Å²) < 4.78 is 5.99. The van der Waals surface area contributed by atoms with E-state index >= 15 is 0 Å². The van der Waals surface area contributed by atoms with Crippen molar-refractivity contribution >= 4 is 0 Å². The van der Waals surface area contributed by atoms with Gasteiger partial charge in [-0.3, -0.25) is 0 Å². The fourth-order valence-electron chi connectivity index (χ4n) is 1.24. The van der Waals surface area contributed by atoms with E-state index in [9.17, 15) is 0 Å². The molecular weight excluding hydrogens is 162 g/mol. The molecule has 0 aromatic carbocycles. The van der Waals surface area contributed by atoms with Gasteiger partial charge >= 0.3 is 0 Å². The Hall–Kier alpha value is -1.02. The Morgan fingerprint density at radius 2 is 1.69 bits per heavy atom. The molecule has 0 radical (unpaired) electrons. The van der Waals surface area contributed by atoms with Crippen molar-refractivity contribution < 1.29 is 9.22 Å². The van der Waals surface area contributed by atoms with Gasteiger partial charge in [0.25, 0.3) is 0 Å². The van der Waals surface area contributed by atoms with Gasteiger partial charge in [-0.2, -0.15) is 0 Å². The van der Waals surface area contributed by atoms with Gasteiger partial charge in [-0.05, 0) is 12.2 Å². The quantitative estimate of drug-likeness (QED) is 0.241. The molecule has 0 aromatic heterocycles. The molecule has 0 rings (SSSR count). The molecule has 0 heterocycles. The van der Waals surface area contributed by atoms with Crippen molar-refractivity contribution in [2.24, 2.45) is 0 Å². The fourth-order valence-corrected chi connectivity index (χ4v) is 1.24. The molecule has 13 heavy (non-hydrogen) atoms. The minimum absolute atomic E-state index is 0.696. The van der Waals surface area contributed by atoms with Crippen molar-refractivity contribution in [3.63, 3.8) is 0 Å². The van der Waals surface area contributed by atoms with Crippen LogP contribution in [0.4, 0.5) is 0 Å². The van der Waals surface area contributed by atoms with Gasteiger partial charge in [-0.25, -0.2) is 0 Å². The Morgan fingerprint density at radius 3 is 2.08 bits per heavy atom. The summed E-state index contributed by atoms with van der Waals surface area (Å²) in [6, 6.07) is 0. The van der Waals surface area contributed by atoms with Crippen molar-refractivity contribution in [1.82, 2.24) is 0 Å². The van der Waals surface area contributed by atoms with Crippen molar-refractivity contribution in [3.8, 4) is 0 Å². The number of nitrogens with zero attached hydrogens (tertiary/aromatic N) is 1. The highest BCUT2D eigenvalue weighted by Crippen LogP contribution is 2.02. The summed E-state index contributed by atoms with van der Waals surface area (Å²) in [6.45, 7) is 14.5. The third kappa shape index (κ3) is 5.26. The number of likely N-dealkylation sites (N-methyl/N-ethyl adjacent to an activating group) is 1. The number of quaternary nitrogens is 1. The van der Waals surface area contributed by atoms with Gasteiger partial charge in [0.05, 0.1) is 26.4 Å². The number of hydrogen-bond donors (Lipinski definition) is 0. The standard InChI is InChI=1S/C11H20NO/c1-5-8-12(4,9-6-2)10-11-13-7-3/h5-7H,1-3,8-11H2,4H3/q+1. The van der Waals surface area contributed by atoms with E-state index in [0.29, 0.717) is 6.61 Å². The van der Waals surface area contributed by atoms with Crippen LogP contribution >= 0.6 is 0 Å². The van der Waals surface area contributed by atoms with Gasteiger partial charge in [0.2, 0.25) is 0 Å². The largest absolute Gasteiger partial charge is 0.496 e. The van der Waals surface area contributed by atoms with Crippen LogP contribution in [0.1, 0.15) is 0 Å². The molecule has 0 spiro atoms. The van der Waals surface area contributed by atoms with Crippen LogP contribution in [-0.2, 0) is 4.74 Å². The van der Waals surface area contributed by atoms with Crippen LogP contribution in [0.2, 0.25) is 0 Å². The summed E-state index contributed by atoms with van der Waals surface area (Å²) in [5.74, 6) is 0. The summed E-state index contributed by atoms with van der Waals surface area (Å²) in [7, 11) is 2.16. The fraction of sp³-hybridized carbons (Fsp3) is 0.455. The van der Waals surface area contributed by atoms with E-state index in [1.54, 1.807) is 0 Å². The summed E-state index contributed by atoms with van der Waals surface area (Å²) >= 11 is 0. The molecule has 0 aliphatic carbocycles. The molecule has 0 bridgehead atoms. The highest BCUT2D eigenvalue weighted by molar-refractivity contribution is 4.71. The molecule has 0 unspecified atom stereocenters. The van der Waals surface area contributed by atoms with Crippen LogP contribution in [0, 0.1) is 0 Å². The smallest absolute Gasteiger partial charge is 0.136 e. The summed E-state index contributed by atoms with van der Waals surface area (Å²) in [6.07, 6.45) is 5.33. The monoisotopic (exact) mass is 182 g/mol. The molecule has 0 aromatic rings. The molecular formula is C11H20NO+. The zero-order chi connectivity index (χ0) is 10.2. The Bertz CT molecular complexity index is 165. The topological polar surface area (TPSA) is 9.23 Å². The highest BCUT2D eigenvalue weighted by atomic mass is 16.5. The zero-order valence-electron chi connectivity index (χ0n) is 8.54. The Labute approximate surface area is 81.4 Å². The molecule has 2 nitrogen and oxygen atoms in total.